The van der Waals surface area contributed by atoms with E-state index >= 15 is 0 Å². The Labute approximate surface area is 134 Å². The summed E-state index contributed by atoms with van der Waals surface area (Å²) in [4.78, 5) is 4.63. The van der Waals surface area contributed by atoms with Crippen molar-refractivity contribution in [3.63, 3.8) is 0 Å². The highest BCUT2D eigenvalue weighted by molar-refractivity contribution is 6.37. The SMILES string of the molecule is CC1(C)COC(c2c(Cl)cc(Cl)cc2-c2ccccc2)=N1. The second-order valence-electron chi connectivity index (χ2n) is 5.69. The van der Waals surface area contributed by atoms with Gasteiger partial charge >= 0.3 is 0 Å². The third kappa shape index (κ3) is 2.92. The zero-order chi connectivity index (χ0) is 15.0. The Bertz CT molecular complexity index is 708. The Morgan fingerprint density at radius 1 is 1.10 bits per heavy atom. The van der Waals surface area contributed by atoms with Crippen LogP contribution in [0.5, 0.6) is 0 Å². The van der Waals surface area contributed by atoms with Crippen LogP contribution >= 0.6 is 23.2 Å². The Hall–Kier alpha value is -1.51. The molecule has 2 nitrogen and oxygen atoms in total. The van der Waals surface area contributed by atoms with Crippen LogP contribution in [0.15, 0.2) is 47.5 Å². The fraction of sp³-hybridized carbons (Fsp3) is 0.235. The molecule has 0 bridgehead atoms. The molecule has 1 aliphatic heterocycles. The van der Waals surface area contributed by atoms with Crippen molar-refractivity contribution in [3.05, 3.63) is 58.1 Å². The predicted octanol–water partition coefficient (Wildman–Crippen LogP) is 5.22. The van der Waals surface area contributed by atoms with Crippen molar-refractivity contribution < 1.29 is 4.74 Å². The van der Waals surface area contributed by atoms with Gasteiger partial charge in [0.25, 0.3) is 0 Å². The summed E-state index contributed by atoms with van der Waals surface area (Å²) in [6, 6.07) is 13.6. The van der Waals surface area contributed by atoms with Crippen LogP contribution in [0.4, 0.5) is 0 Å². The van der Waals surface area contributed by atoms with E-state index in [1.54, 1.807) is 6.07 Å². The van der Waals surface area contributed by atoms with Crippen LogP contribution in [0, 0.1) is 0 Å². The minimum absolute atomic E-state index is 0.230. The molecule has 0 saturated heterocycles. The molecule has 21 heavy (non-hydrogen) atoms. The molecule has 1 heterocycles. The normalized spacial score (nSPS) is 16.5. The molecule has 0 N–H and O–H groups in total. The van der Waals surface area contributed by atoms with Gasteiger partial charge in [0.15, 0.2) is 0 Å². The lowest BCUT2D eigenvalue weighted by molar-refractivity contribution is 0.279. The lowest BCUT2D eigenvalue weighted by Gasteiger charge is -2.12. The summed E-state index contributed by atoms with van der Waals surface area (Å²) in [6.07, 6.45) is 0. The molecule has 2 aromatic carbocycles. The summed E-state index contributed by atoms with van der Waals surface area (Å²) in [5, 5.41) is 1.15. The molecule has 3 rings (SSSR count). The standard InChI is InChI=1S/C17H15Cl2NO/c1-17(2)10-21-16(20-17)15-13(8-12(18)9-14(15)19)11-6-4-3-5-7-11/h3-9H,10H2,1-2H3. The lowest BCUT2D eigenvalue weighted by atomic mass is 9.99. The Morgan fingerprint density at radius 3 is 2.43 bits per heavy atom. The van der Waals surface area contributed by atoms with Crippen LogP contribution < -0.4 is 0 Å². The summed E-state index contributed by atoms with van der Waals surface area (Å²) >= 11 is 12.6. The average molecular weight is 320 g/mol. The Kier molecular flexibility index (Phi) is 3.68. The van der Waals surface area contributed by atoms with Crippen molar-refractivity contribution in [3.8, 4) is 11.1 Å². The van der Waals surface area contributed by atoms with Crippen LogP contribution in [0.3, 0.4) is 0 Å². The van der Waals surface area contributed by atoms with Gasteiger partial charge in [0.05, 0.1) is 16.1 Å². The first-order chi connectivity index (χ1) is 9.96. The summed E-state index contributed by atoms with van der Waals surface area (Å²) in [6.45, 7) is 4.62. The summed E-state index contributed by atoms with van der Waals surface area (Å²) in [5.41, 5.74) is 2.54. The number of ether oxygens (including phenoxy) is 1. The molecule has 0 spiro atoms. The Balaban J connectivity index is 2.21. The van der Waals surface area contributed by atoms with Gasteiger partial charge in [0.1, 0.15) is 6.61 Å². The molecule has 108 valence electrons. The molecular formula is C17H15Cl2NO. The van der Waals surface area contributed by atoms with Crippen LogP contribution in [0.1, 0.15) is 19.4 Å². The van der Waals surface area contributed by atoms with E-state index in [1.165, 1.54) is 0 Å². The maximum absolute atomic E-state index is 6.41. The zero-order valence-electron chi connectivity index (χ0n) is 11.9. The van der Waals surface area contributed by atoms with Gasteiger partial charge in [-0.2, -0.15) is 0 Å². The second-order valence-corrected chi connectivity index (χ2v) is 6.54. The van der Waals surface area contributed by atoms with Gasteiger partial charge in [0.2, 0.25) is 5.90 Å². The molecular weight excluding hydrogens is 305 g/mol. The lowest BCUT2D eigenvalue weighted by Crippen LogP contribution is -2.17. The van der Waals surface area contributed by atoms with E-state index < -0.39 is 0 Å². The Morgan fingerprint density at radius 2 is 1.81 bits per heavy atom. The van der Waals surface area contributed by atoms with Crippen molar-refractivity contribution in [2.24, 2.45) is 4.99 Å². The maximum Gasteiger partial charge on any atom is 0.218 e. The second kappa shape index (κ2) is 5.36. The number of hydrogen-bond acceptors (Lipinski definition) is 2. The van der Waals surface area contributed by atoms with E-state index in [2.05, 4.69) is 4.99 Å². The van der Waals surface area contributed by atoms with E-state index in [1.807, 2.05) is 50.2 Å². The predicted molar refractivity (Wildman–Crippen MR) is 88.5 cm³/mol. The van der Waals surface area contributed by atoms with Gasteiger partial charge in [-0.05, 0) is 37.1 Å². The summed E-state index contributed by atoms with van der Waals surface area (Å²) in [7, 11) is 0. The monoisotopic (exact) mass is 319 g/mol. The van der Waals surface area contributed by atoms with Crippen molar-refractivity contribution >= 4 is 29.1 Å². The van der Waals surface area contributed by atoms with Gasteiger partial charge < -0.3 is 4.74 Å². The topological polar surface area (TPSA) is 21.6 Å². The molecule has 0 aliphatic carbocycles. The third-order valence-electron chi connectivity index (χ3n) is 3.32. The number of aliphatic imine (C=N–C) groups is 1. The molecule has 0 fully saturated rings. The first kappa shape index (κ1) is 14.4. The fourth-order valence-corrected chi connectivity index (χ4v) is 2.92. The first-order valence-electron chi connectivity index (χ1n) is 6.74. The minimum Gasteiger partial charge on any atom is -0.475 e. The van der Waals surface area contributed by atoms with E-state index in [9.17, 15) is 0 Å². The average Bonchev–Trinajstić information content (AvgIpc) is 2.79. The molecule has 0 radical (unpaired) electrons. The van der Waals surface area contributed by atoms with Crippen molar-refractivity contribution in [2.75, 3.05) is 6.61 Å². The number of nitrogens with zero attached hydrogens (tertiary/aromatic N) is 1. The highest BCUT2D eigenvalue weighted by Crippen LogP contribution is 2.35. The third-order valence-corrected chi connectivity index (χ3v) is 3.84. The molecule has 0 atom stereocenters. The molecule has 0 amide bonds. The maximum atomic E-state index is 6.41. The highest BCUT2D eigenvalue weighted by Gasteiger charge is 2.29. The van der Waals surface area contributed by atoms with Crippen LogP contribution in [0.2, 0.25) is 10.0 Å². The highest BCUT2D eigenvalue weighted by atomic mass is 35.5. The van der Waals surface area contributed by atoms with E-state index in [-0.39, 0.29) is 5.54 Å². The number of halogens is 2. The fourth-order valence-electron chi connectivity index (χ4n) is 2.35. The van der Waals surface area contributed by atoms with E-state index in [0.717, 1.165) is 16.7 Å². The molecule has 2 aromatic rings. The number of rotatable bonds is 2. The van der Waals surface area contributed by atoms with E-state index in [0.29, 0.717) is 22.5 Å². The smallest absolute Gasteiger partial charge is 0.218 e. The van der Waals surface area contributed by atoms with Gasteiger partial charge in [-0.1, -0.05) is 53.5 Å². The van der Waals surface area contributed by atoms with Crippen molar-refractivity contribution in [1.82, 2.24) is 0 Å². The zero-order valence-corrected chi connectivity index (χ0v) is 13.4. The van der Waals surface area contributed by atoms with Gasteiger partial charge in [-0.25, -0.2) is 4.99 Å². The first-order valence-corrected chi connectivity index (χ1v) is 7.49. The van der Waals surface area contributed by atoms with Crippen molar-refractivity contribution in [2.45, 2.75) is 19.4 Å². The molecule has 1 aliphatic rings. The molecule has 0 aromatic heterocycles. The summed E-state index contributed by atoms with van der Waals surface area (Å²) < 4.78 is 5.76. The van der Waals surface area contributed by atoms with Crippen LogP contribution in [0.25, 0.3) is 11.1 Å². The summed E-state index contributed by atoms with van der Waals surface area (Å²) in [5.74, 6) is 0.584. The van der Waals surface area contributed by atoms with E-state index in [4.69, 9.17) is 27.9 Å². The van der Waals surface area contributed by atoms with Gasteiger partial charge in [-0.3, -0.25) is 0 Å². The van der Waals surface area contributed by atoms with Crippen molar-refractivity contribution in [1.29, 1.82) is 0 Å². The molecule has 0 unspecified atom stereocenters. The van der Waals surface area contributed by atoms with Gasteiger partial charge in [-0.15, -0.1) is 0 Å². The molecule has 4 heteroatoms. The van der Waals surface area contributed by atoms with Crippen LogP contribution in [-0.2, 0) is 4.74 Å². The van der Waals surface area contributed by atoms with Gasteiger partial charge in [0, 0.05) is 5.02 Å². The largest absolute Gasteiger partial charge is 0.475 e. The molecule has 0 saturated carbocycles. The van der Waals surface area contributed by atoms with Crippen LogP contribution in [-0.4, -0.2) is 18.0 Å². The minimum atomic E-state index is -0.230. The quantitative estimate of drug-likeness (QED) is 0.744. The number of benzene rings is 2. The number of hydrogen-bond donors (Lipinski definition) is 0.